The molecular formula is C32H29ClN2O4S. The van der Waals surface area contributed by atoms with Crippen molar-refractivity contribution < 1.29 is 19.1 Å². The maximum absolute atomic E-state index is 13.5. The summed E-state index contributed by atoms with van der Waals surface area (Å²) in [4.78, 5) is 39.2. The molecule has 204 valence electrons. The smallest absolute Gasteiger partial charge is 0.337 e. The van der Waals surface area contributed by atoms with Gasteiger partial charge in [0.2, 0.25) is 0 Å². The van der Waals surface area contributed by atoms with E-state index in [0.29, 0.717) is 33.3 Å². The van der Waals surface area contributed by atoms with Gasteiger partial charge in [-0.1, -0.05) is 36.4 Å². The SMILES string of the molecule is COC(=O)c1ccc(CCc2ccc(NC(=O)c3c(NC(=O)c4cccc(CCl)c4)sc4c3CCC4)cc2)cc1. The number of esters is 1. The Morgan fingerprint density at radius 3 is 2.20 bits per heavy atom. The van der Waals surface area contributed by atoms with E-state index in [1.54, 1.807) is 30.3 Å². The van der Waals surface area contributed by atoms with E-state index in [0.717, 1.165) is 59.2 Å². The van der Waals surface area contributed by atoms with Gasteiger partial charge in [-0.15, -0.1) is 22.9 Å². The van der Waals surface area contributed by atoms with Gasteiger partial charge in [0.05, 0.1) is 18.2 Å². The number of nitrogens with one attached hydrogen (secondary N) is 2. The van der Waals surface area contributed by atoms with Crippen LogP contribution in [-0.2, 0) is 36.3 Å². The lowest BCUT2D eigenvalue weighted by molar-refractivity contribution is 0.0600. The average Bonchev–Trinajstić information content (AvgIpc) is 3.57. The Bertz CT molecular complexity index is 1540. The first-order valence-corrected chi connectivity index (χ1v) is 14.5. The summed E-state index contributed by atoms with van der Waals surface area (Å²) in [5.41, 5.74) is 6.45. The molecule has 1 aliphatic rings. The van der Waals surface area contributed by atoms with Gasteiger partial charge >= 0.3 is 5.97 Å². The van der Waals surface area contributed by atoms with Crippen LogP contribution >= 0.6 is 22.9 Å². The first kappa shape index (κ1) is 27.6. The van der Waals surface area contributed by atoms with Gasteiger partial charge < -0.3 is 15.4 Å². The normalized spacial score (nSPS) is 12.1. The summed E-state index contributed by atoms with van der Waals surface area (Å²) < 4.78 is 4.75. The summed E-state index contributed by atoms with van der Waals surface area (Å²) in [7, 11) is 1.37. The molecule has 0 unspecified atom stereocenters. The number of carbonyl (C=O) groups is 3. The van der Waals surface area contributed by atoms with Crippen molar-refractivity contribution in [3.05, 3.63) is 117 Å². The monoisotopic (exact) mass is 572 g/mol. The summed E-state index contributed by atoms with van der Waals surface area (Å²) >= 11 is 7.42. The number of alkyl halides is 1. The molecule has 1 aromatic heterocycles. The van der Waals surface area contributed by atoms with Crippen molar-refractivity contribution in [2.45, 2.75) is 38.0 Å². The Morgan fingerprint density at radius 2 is 1.52 bits per heavy atom. The van der Waals surface area contributed by atoms with E-state index in [1.165, 1.54) is 18.4 Å². The van der Waals surface area contributed by atoms with E-state index >= 15 is 0 Å². The molecule has 0 spiro atoms. The van der Waals surface area contributed by atoms with Crippen LogP contribution in [-0.4, -0.2) is 24.9 Å². The van der Waals surface area contributed by atoms with Crippen molar-refractivity contribution >= 4 is 51.4 Å². The number of methoxy groups -OCH3 is 1. The van der Waals surface area contributed by atoms with Crippen molar-refractivity contribution in [3.8, 4) is 0 Å². The summed E-state index contributed by atoms with van der Waals surface area (Å²) in [5, 5.41) is 6.58. The number of rotatable bonds is 9. The molecule has 1 aliphatic carbocycles. The number of anilines is 2. The zero-order valence-corrected chi connectivity index (χ0v) is 23.7. The van der Waals surface area contributed by atoms with Gasteiger partial charge in [-0.05, 0) is 90.8 Å². The second-order valence-corrected chi connectivity index (χ2v) is 11.1. The van der Waals surface area contributed by atoms with Gasteiger partial charge in [0.1, 0.15) is 5.00 Å². The van der Waals surface area contributed by atoms with Gasteiger partial charge in [0, 0.05) is 22.0 Å². The zero-order valence-electron chi connectivity index (χ0n) is 22.1. The Balaban J connectivity index is 1.25. The highest BCUT2D eigenvalue weighted by Crippen LogP contribution is 2.39. The summed E-state index contributed by atoms with van der Waals surface area (Å²) in [6, 6.07) is 22.4. The second-order valence-electron chi connectivity index (χ2n) is 9.69. The van der Waals surface area contributed by atoms with Crippen molar-refractivity contribution in [1.82, 2.24) is 0 Å². The Kier molecular flexibility index (Phi) is 8.63. The molecule has 2 amide bonds. The number of hydrogen-bond donors (Lipinski definition) is 2. The van der Waals surface area contributed by atoms with E-state index in [-0.39, 0.29) is 17.8 Å². The van der Waals surface area contributed by atoms with Gasteiger partial charge in [0.15, 0.2) is 0 Å². The number of carbonyl (C=O) groups excluding carboxylic acids is 3. The summed E-state index contributed by atoms with van der Waals surface area (Å²) in [6.45, 7) is 0. The van der Waals surface area contributed by atoms with Crippen LogP contribution in [0.25, 0.3) is 0 Å². The highest BCUT2D eigenvalue weighted by atomic mass is 35.5. The summed E-state index contributed by atoms with van der Waals surface area (Å²) in [5.74, 6) is -0.499. The molecule has 0 aliphatic heterocycles. The lowest BCUT2D eigenvalue weighted by atomic mass is 10.0. The fourth-order valence-electron chi connectivity index (χ4n) is 4.87. The van der Waals surface area contributed by atoms with Crippen molar-refractivity contribution in [2.24, 2.45) is 0 Å². The predicted molar refractivity (Wildman–Crippen MR) is 160 cm³/mol. The molecule has 0 saturated carbocycles. The van der Waals surface area contributed by atoms with Gasteiger partial charge in [-0.2, -0.15) is 0 Å². The number of hydrogen-bond acceptors (Lipinski definition) is 5. The predicted octanol–water partition coefficient (Wildman–Crippen LogP) is 7.05. The van der Waals surface area contributed by atoms with E-state index in [9.17, 15) is 14.4 Å². The number of amides is 2. The number of aryl methyl sites for hydroxylation is 3. The van der Waals surface area contributed by atoms with Crippen LogP contribution in [0.2, 0.25) is 0 Å². The number of thiophene rings is 1. The van der Waals surface area contributed by atoms with Crippen LogP contribution in [0.5, 0.6) is 0 Å². The van der Waals surface area contributed by atoms with Gasteiger partial charge in [-0.3, -0.25) is 9.59 Å². The molecular weight excluding hydrogens is 544 g/mol. The molecule has 1 heterocycles. The first-order chi connectivity index (χ1) is 19.4. The molecule has 4 aromatic rings. The van der Waals surface area contributed by atoms with Crippen LogP contribution in [0.3, 0.4) is 0 Å². The van der Waals surface area contributed by atoms with Crippen molar-refractivity contribution in [2.75, 3.05) is 17.7 Å². The van der Waals surface area contributed by atoms with E-state index < -0.39 is 0 Å². The quantitative estimate of drug-likeness (QED) is 0.166. The minimum Gasteiger partial charge on any atom is -0.465 e. The molecule has 6 nitrogen and oxygen atoms in total. The molecule has 0 saturated heterocycles. The molecule has 40 heavy (non-hydrogen) atoms. The van der Waals surface area contributed by atoms with E-state index in [2.05, 4.69) is 10.6 Å². The number of ether oxygens (including phenoxy) is 1. The molecule has 3 aromatic carbocycles. The third kappa shape index (κ3) is 6.27. The van der Waals surface area contributed by atoms with Crippen LogP contribution in [0.1, 0.15) is 64.6 Å². The largest absolute Gasteiger partial charge is 0.465 e. The Labute approximate surface area is 242 Å². The van der Waals surface area contributed by atoms with Crippen molar-refractivity contribution in [1.29, 1.82) is 0 Å². The molecule has 5 rings (SSSR count). The van der Waals surface area contributed by atoms with Crippen LogP contribution < -0.4 is 10.6 Å². The molecule has 0 radical (unpaired) electrons. The number of fused-ring (bicyclic) bond motifs is 1. The number of benzene rings is 3. The topological polar surface area (TPSA) is 84.5 Å². The van der Waals surface area contributed by atoms with Crippen LogP contribution in [0.4, 0.5) is 10.7 Å². The molecule has 2 N–H and O–H groups in total. The molecule has 0 bridgehead atoms. The minimum atomic E-state index is -0.344. The maximum atomic E-state index is 13.5. The number of halogens is 1. The van der Waals surface area contributed by atoms with E-state index in [4.69, 9.17) is 16.3 Å². The van der Waals surface area contributed by atoms with E-state index in [1.807, 2.05) is 42.5 Å². The Hall–Kier alpha value is -3.94. The second kappa shape index (κ2) is 12.5. The fourth-order valence-corrected chi connectivity index (χ4v) is 6.31. The van der Waals surface area contributed by atoms with Crippen LogP contribution in [0.15, 0.2) is 72.8 Å². The highest BCUT2D eigenvalue weighted by Gasteiger charge is 2.28. The Morgan fingerprint density at radius 1 is 0.825 bits per heavy atom. The summed E-state index contributed by atoms with van der Waals surface area (Å²) in [6.07, 6.45) is 4.40. The zero-order chi connectivity index (χ0) is 28.1. The first-order valence-electron chi connectivity index (χ1n) is 13.1. The lowest BCUT2D eigenvalue weighted by Crippen LogP contribution is -2.18. The average molecular weight is 573 g/mol. The fraction of sp³-hybridized carbons (Fsp3) is 0.219. The van der Waals surface area contributed by atoms with Crippen molar-refractivity contribution in [3.63, 3.8) is 0 Å². The minimum absolute atomic E-state index is 0.220. The third-order valence-electron chi connectivity index (χ3n) is 7.01. The molecule has 8 heteroatoms. The third-order valence-corrected chi connectivity index (χ3v) is 8.52. The highest BCUT2D eigenvalue weighted by molar-refractivity contribution is 7.17. The van der Waals surface area contributed by atoms with Gasteiger partial charge in [0.25, 0.3) is 11.8 Å². The van der Waals surface area contributed by atoms with Crippen LogP contribution in [0, 0.1) is 0 Å². The molecule has 0 fully saturated rings. The maximum Gasteiger partial charge on any atom is 0.337 e. The molecule has 0 atom stereocenters. The lowest BCUT2D eigenvalue weighted by Gasteiger charge is -2.11. The van der Waals surface area contributed by atoms with Gasteiger partial charge in [-0.25, -0.2) is 4.79 Å². The standard InChI is InChI=1S/C32H29ClN2O4S/c1-39-32(38)23-14-10-20(11-15-23)8-9-21-12-16-25(17-13-21)34-30(37)28-26-6-3-7-27(26)40-31(28)35-29(36)24-5-2-4-22(18-24)19-33/h2,4-5,10-18H,3,6-9,19H2,1H3,(H,34,37)(H,35,36).